The van der Waals surface area contributed by atoms with E-state index in [0.29, 0.717) is 24.7 Å². The van der Waals surface area contributed by atoms with Gasteiger partial charge in [-0.15, -0.1) is 0 Å². The minimum absolute atomic E-state index is 0.153. The van der Waals surface area contributed by atoms with E-state index in [1.165, 1.54) is 12.8 Å². The van der Waals surface area contributed by atoms with Crippen LogP contribution >= 0.6 is 0 Å². The summed E-state index contributed by atoms with van der Waals surface area (Å²) in [6, 6.07) is 1.69. The van der Waals surface area contributed by atoms with E-state index in [9.17, 15) is 4.79 Å². The second kappa shape index (κ2) is 5.83. The van der Waals surface area contributed by atoms with Crippen molar-refractivity contribution in [2.45, 2.75) is 57.7 Å². The molecule has 2 aliphatic rings. The number of hydrogen-bond donors (Lipinski definition) is 1. The molecule has 2 atom stereocenters. The van der Waals surface area contributed by atoms with Crippen LogP contribution in [0.2, 0.25) is 0 Å². The third-order valence-corrected chi connectivity index (χ3v) is 3.98. The first-order valence-electron chi connectivity index (χ1n) is 6.87. The number of hydrogen-bond acceptors (Lipinski definition) is 3. The molecule has 98 valence electrons. The number of nitrogens with zero attached hydrogens (tertiary/aromatic N) is 1. The number of carbonyl (C=O) groups excluding carboxylic acids is 1. The molecule has 1 N–H and O–H groups in total. The van der Waals surface area contributed by atoms with Crippen molar-refractivity contribution >= 4 is 5.91 Å². The van der Waals surface area contributed by atoms with Gasteiger partial charge in [0.05, 0.1) is 0 Å². The number of rotatable bonds is 5. The van der Waals surface area contributed by atoms with Gasteiger partial charge < -0.3 is 15.0 Å². The van der Waals surface area contributed by atoms with E-state index in [2.05, 4.69) is 12.2 Å². The normalized spacial score (nSPS) is 31.5. The SMILES string of the molecule is CCOCC(=O)N(CC)C1CC2CCC(C1)N2. The van der Waals surface area contributed by atoms with Gasteiger partial charge in [-0.25, -0.2) is 0 Å². The first-order valence-corrected chi connectivity index (χ1v) is 6.87. The first-order chi connectivity index (χ1) is 8.24. The lowest BCUT2D eigenvalue weighted by Crippen LogP contribution is -2.51. The zero-order chi connectivity index (χ0) is 12.3. The summed E-state index contributed by atoms with van der Waals surface area (Å²) in [6.07, 6.45) is 4.78. The summed E-state index contributed by atoms with van der Waals surface area (Å²) in [5.74, 6) is 0.153. The molecule has 2 bridgehead atoms. The molecule has 4 nitrogen and oxygen atoms in total. The fourth-order valence-corrected chi connectivity index (χ4v) is 3.19. The molecule has 1 amide bonds. The van der Waals surface area contributed by atoms with Crippen molar-refractivity contribution in [1.82, 2.24) is 10.2 Å². The predicted octanol–water partition coefficient (Wildman–Crippen LogP) is 1.15. The predicted molar refractivity (Wildman–Crippen MR) is 66.8 cm³/mol. The topological polar surface area (TPSA) is 41.6 Å². The Morgan fingerprint density at radius 2 is 1.94 bits per heavy atom. The molecule has 2 fully saturated rings. The Morgan fingerprint density at radius 1 is 1.29 bits per heavy atom. The Bertz CT molecular complexity index is 258. The van der Waals surface area contributed by atoms with E-state index in [4.69, 9.17) is 4.74 Å². The van der Waals surface area contributed by atoms with Gasteiger partial charge in [-0.3, -0.25) is 4.79 Å². The van der Waals surface area contributed by atoms with Crippen LogP contribution in [0.3, 0.4) is 0 Å². The summed E-state index contributed by atoms with van der Waals surface area (Å²) in [5.41, 5.74) is 0. The van der Waals surface area contributed by atoms with Gasteiger partial charge in [0.1, 0.15) is 6.61 Å². The molecule has 0 aromatic heterocycles. The molecule has 0 radical (unpaired) electrons. The van der Waals surface area contributed by atoms with Crippen LogP contribution in [0.15, 0.2) is 0 Å². The number of piperidine rings is 1. The average molecular weight is 240 g/mol. The highest BCUT2D eigenvalue weighted by Gasteiger charge is 2.36. The van der Waals surface area contributed by atoms with Gasteiger partial charge >= 0.3 is 0 Å². The van der Waals surface area contributed by atoms with Gasteiger partial charge in [0.15, 0.2) is 0 Å². The van der Waals surface area contributed by atoms with Crippen LogP contribution in [-0.4, -0.2) is 48.7 Å². The quantitative estimate of drug-likeness (QED) is 0.784. The molecule has 2 aliphatic heterocycles. The Labute approximate surface area is 104 Å². The van der Waals surface area contributed by atoms with Crippen molar-refractivity contribution in [3.05, 3.63) is 0 Å². The third kappa shape index (κ3) is 2.99. The number of fused-ring (bicyclic) bond motifs is 2. The fraction of sp³-hybridized carbons (Fsp3) is 0.923. The number of likely N-dealkylation sites (N-methyl/N-ethyl adjacent to an activating group) is 1. The molecule has 2 saturated heterocycles. The minimum Gasteiger partial charge on any atom is -0.372 e. The molecular formula is C13H24N2O2. The van der Waals surface area contributed by atoms with Gasteiger partial charge in [-0.2, -0.15) is 0 Å². The highest BCUT2D eigenvalue weighted by Crippen LogP contribution is 2.29. The number of nitrogens with one attached hydrogen (secondary N) is 1. The molecule has 2 rings (SSSR count). The largest absolute Gasteiger partial charge is 0.372 e. The van der Waals surface area contributed by atoms with Crippen molar-refractivity contribution in [3.63, 3.8) is 0 Å². The Balaban J connectivity index is 1.91. The molecule has 0 aromatic rings. The Hall–Kier alpha value is -0.610. The maximum atomic E-state index is 12.0. The van der Waals surface area contributed by atoms with Crippen molar-refractivity contribution in [2.24, 2.45) is 0 Å². The van der Waals surface area contributed by atoms with Crippen LogP contribution in [0.1, 0.15) is 39.5 Å². The van der Waals surface area contributed by atoms with Crippen LogP contribution in [-0.2, 0) is 9.53 Å². The van der Waals surface area contributed by atoms with E-state index in [0.717, 1.165) is 19.4 Å². The van der Waals surface area contributed by atoms with Crippen LogP contribution in [0.5, 0.6) is 0 Å². The van der Waals surface area contributed by atoms with Gasteiger partial charge in [0.25, 0.3) is 0 Å². The zero-order valence-electron chi connectivity index (χ0n) is 10.9. The highest BCUT2D eigenvalue weighted by atomic mass is 16.5. The highest BCUT2D eigenvalue weighted by molar-refractivity contribution is 5.77. The van der Waals surface area contributed by atoms with Crippen molar-refractivity contribution in [3.8, 4) is 0 Å². The molecule has 2 heterocycles. The second-order valence-corrected chi connectivity index (χ2v) is 5.08. The third-order valence-electron chi connectivity index (χ3n) is 3.98. The summed E-state index contributed by atoms with van der Waals surface area (Å²) in [7, 11) is 0. The van der Waals surface area contributed by atoms with Crippen molar-refractivity contribution < 1.29 is 9.53 Å². The van der Waals surface area contributed by atoms with E-state index in [-0.39, 0.29) is 12.5 Å². The summed E-state index contributed by atoms with van der Waals surface area (Å²) in [4.78, 5) is 14.1. The number of ether oxygens (including phenoxy) is 1. The maximum Gasteiger partial charge on any atom is 0.248 e. The summed E-state index contributed by atoms with van der Waals surface area (Å²) >= 11 is 0. The van der Waals surface area contributed by atoms with Crippen molar-refractivity contribution in [1.29, 1.82) is 0 Å². The Kier molecular flexibility index (Phi) is 4.40. The average Bonchev–Trinajstić information content (AvgIpc) is 2.67. The second-order valence-electron chi connectivity index (χ2n) is 5.08. The van der Waals surface area contributed by atoms with Crippen LogP contribution in [0.25, 0.3) is 0 Å². The van der Waals surface area contributed by atoms with Crippen LogP contribution in [0.4, 0.5) is 0 Å². The maximum absolute atomic E-state index is 12.0. The Morgan fingerprint density at radius 3 is 2.47 bits per heavy atom. The molecule has 17 heavy (non-hydrogen) atoms. The van der Waals surface area contributed by atoms with E-state index >= 15 is 0 Å². The molecule has 2 unspecified atom stereocenters. The smallest absolute Gasteiger partial charge is 0.248 e. The van der Waals surface area contributed by atoms with Gasteiger partial charge in [-0.05, 0) is 39.5 Å². The minimum atomic E-state index is 0.153. The molecular weight excluding hydrogens is 216 g/mol. The lowest BCUT2D eigenvalue weighted by atomic mass is 9.98. The summed E-state index contributed by atoms with van der Waals surface area (Å²) in [6.45, 7) is 5.64. The van der Waals surface area contributed by atoms with Gasteiger partial charge in [0, 0.05) is 31.3 Å². The van der Waals surface area contributed by atoms with Crippen LogP contribution < -0.4 is 5.32 Å². The zero-order valence-corrected chi connectivity index (χ0v) is 10.9. The van der Waals surface area contributed by atoms with E-state index in [1.54, 1.807) is 0 Å². The lowest BCUT2D eigenvalue weighted by Gasteiger charge is -2.37. The summed E-state index contributed by atoms with van der Waals surface area (Å²) < 4.78 is 5.23. The van der Waals surface area contributed by atoms with Gasteiger partial charge in [0.2, 0.25) is 5.91 Å². The summed E-state index contributed by atoms with van der Waals surface area (Å²) in [5, 5.41) is 3.61. The van der Waals surface area contributed by atoms with Crippen molar-refractivity contribution in [2.75, 3.05) is 19.8 Å². The molecule has 0 spiro atoms. The van der Waals surface area contributed by atoms with E-state index in [1.807, 2.05) is 11.8 Å². The fourth-order valence-electron chi connectivity index (χ4n) is 3.19. The lowest BCUT2D eigenvalue weighted by molar-refractivity contribution is -0.138. The first kappa shape index (κ1) is 12.8. The standard InChI is InChI=1S/C13H24N2O2/c1-3-15(13(16)9-17-4-2)12-7-10-5-6-11(8-12)14-10/h10-12,14H,3-9H2,1-2H3. The van der Waals surface area contributed by atoms with Gasteiger partial charge in [-0.1, -0.05) is 0 Å². The molecule has 0 saturated carbocycles. The number of carbonyl (C=O) groups is 1. The molecule has 0 aromatic carbocycles. The van der Waals surface area contributed by atoms with E-state index < -0.39 is 0 Å². The monoisotopic (exact) mass is 240 g/mol. The molecule has 0 aliphatic carbocycles. The van der Waals surface area contributed by atoms with Crippen LogP contribution in [0, 0.1) is 0 Å². The number of amides is 1. The molecule has 4 heteroatoms.